The van der Waals surface area contributed by atoms with E-state index in [0.29, 0.717) is 16.9 Å². The number of halogens is 4. The highest BCUT2D eigenvalue weighted by Crippen LogP contribution is 2.35. The summed E-state index contributed by atoms with van der Waals surface area (Å²) in [4.78, 5) is 40.9. The predicted molar refractivity (Wildman–Crippen MR) is 113 cm³/mol. The number of nitrogens with zero attached hydrogens (tertiary/aromatic N) is 4. The van der Waals surface area contributed by atoms with E-state index >= 15 is 0 Å². The second-order valence-corrected chi connectivity index (χ2v) is 8.10. The number of anilines is 2. The van der Waals surface area contributed by atoms with Gasteiger partial charge in [-0.1, -0.05) is 18.5 Å². The van der Waals surface area contributed by atoms with Gasteiger partial charge in [-0.05, 0) is 6.07 Å². The molecule has 2 N–H and O–H groups in total. The number of carbonyl (C=O) groups excluding carboxylic acids is 2. The summed E-state index contributed by atoms with van der Waals surface area (Å²) in [5, 5.41) is 5.08. The van der Waals surface area contributed by atoms with E-state index in [0.717, 1.165) is 17.5 Å². The van der Waals surface area contributed by atoms with Gasteiger partial charge in [0.05, 0.1) is 21.8 Å². The molecule has 0 saturated heterocycles. The minimum absolute atomic E-state index is 0.0996. The second kappa shape index (κ2) is 9.57. The van der Waals surface area contributed by atoms with Gasteiger partial charge in [0.25, 0.3) is 5.91 Å². The summed E-state index contributed by atoms with van der Waals surface area (Å²) in [6.07, 6.45) is -1.19. The Labute approximate surface area is 189 Å². The van der Waals surface area contributed by atoms with Crippen LogP contribution in [-0.4, -0.2) is 38.7 Å². The van der Waals surface area contributed by atoms with Gasteiger partial charge in [0.1, 0.15) is 28.5 Å². The first-order valence-corrected chi connectivity index (χ1v) is 10.3. The van der Waals surface area contributed by atoms with Crippen LogP contribution in [0.15, 0.2) is 30.9 Å². The zero-order valence-electron chi connectivity index (χ0n) is 16.7. The third kappa shape index (κ3) is 5.56. The maximum atomic E-state index is 13.0. The molecule has 168 valence electrons. The maximum absolute atomic E-state index is 13.0. The number of aromatic nitrogens is 4. The first-order chi connectivity index (χ1) is 15.1. The number of hydrogen-bond acceptors (Lipinski definition) is 8. The quantitative estimate of drug-likeness (QED) is 0.469. The fourth-order valence-electron chi connectivity index (χ4n) is 2.64. The van der Waals surface area contributed by atoms with Crippen molar-refractivity contribution in [3.05, 3.63) is 57.0 Å². The Morgan fingerprint density at radius 3 is 2.56 bits per heavy atom. The van der Waals surface area contributed by atoms with Crippen molar-refractivity contribution in [3.8, 4) is 0 Å². The first-order valence-electron chi connectivity index (χ1n) is 9.11. The minimum Gasteiger partial charge on any atom is -0.373 e. The molecular weight excluding hydrogens is 469 g/mol. The van der Waals surface area contributed by atoms with Gasteiger partial charge in [0.2, 0.25) is 0 Å². The van der Waals surface area contributed by atoms with E-state index in [-0.39, 0.29) is 34.5 Å². The lowest BCUT2D eigenvalue weighted by molar-refractivity contribution is -0.137. The molecule has 3 heterocycles. The zero-order valence-corrected chi connectivity index (χ0v) is 18.3. The minimum atomic E-state index is -4.68. The van der Waals surface area contributed by atoms with Gasteiger partial charge < -0.3 is 10.6 Å². The van der Waals surface area contributed by atoms with Gasteiger partial charge in [-0.25, -0.2) is 19.9 Å². The first kappa shape index (κ1) is 23.5. The Hall–Kier alpha value is -3.12. The third-order valence-corrected chi connectivity index (χ3v) is 5.80. The number of rotatable bonds is 7. The van der Waals surface area contributed by atoms with E-state index in [1.54, 1.807) is 14.0 Å². The van der Waals surface area contributed by atoms with E-state index in [2.05, 4.69) is 30.6 Å². The van der Waals surface area contributed by atoms with Gasteiger partial charge >= 0.3 is 6.18 Å². The third-order valence-electron chi connectivity index (χ3n) is 4.27. The summed E-state index contributed by atoms with van der Waals surface area (Å²) in [6.45, 7) is 1.77. The number of thiazole rings is 1. The molecule has 1 atom stereocenters. The molecule has 0 bridgehead atoms. The lowest BCUT2D eigenvalue weighted by Crippen LogP contribution is -2.13. The van der Waals surface area contributed by atoms with Crippen LogP contribution < -0.4 is 10.6 Å². The van der Waals surface area contributed by atoms with E-state index in [1.165, 1.54) is 18.6 Å². The molecule has 3 aromatic heterocycles. The van der Waals surface area contributed by atoms with Crippen LogP contribution in [0.3, 0.4) is 0 Å². The van der Waals surface area contributed by atoms with Crippen molar-refractivity contribution in [3.63, 3.8) is 0 Å². The van der Waals surface area contributed by atoms with Gasteiger partial charge in [-0.15, -0.1) is 11.3 Å². The zero-order chi connectivity index (χ0) is 23.5. The second-order valence-electron chi connectivity index (χ2n) is 6.63. The van der Waals surface area contributed by atoms with Gasteiger partial charge in [-0.2, -0.15) is 13.2 Å². The molecule has 0 aliphatic carbocycles. The molecule has 0 saturated carbocycles. The standard InChI is InChI=1S/C19H16ClF3N6O2S/c1-9(3-13(30)12-5-15(24-2)28-8-27-12)18-26-7-14(32-18)17(31)29-16-4-10(19(21,22)23)11(20)6-25-16/h4-9H,3H2,1-2H3,(H,24,27,28)(H,25,29,31)/t9-/m0/s1. The van der Waals surface area contributed by atoms with Crippen LogP contribution >= 0.6 is 22.9 Å². The topological polar surface area (TPSA) is 110 Å². The Morgan fingerprint density at radius 2 is 1.88 bits per heavy atom. The van der Waals surface area contributed by atoms with Crippen LogP contribution in [0.4, 0.5) is 24.8 Å². The lowest BCUT2D eigenvalue weighted by Gasteiger charge is -2.10. The smallest absolute Gasteiger partial charge is 0.373 e. The van der Waals surface area contributed by atoms with Crippen molar-refractivity contribution < 1.29 is 22.8 Å². The van der Waals surface area contributed by atoms with Gasteiger partial charge in [-0.3, -0.25) is 9.59 Å². The molecule has 32 heavy (non-hydrogen) atoms. The molecule has 1 amide bonds. The molecule has 0 fully saturated rings. The number of hydrogen-bond donors (Lipinski definition) is 2. The molecule has 0 unspecified atom stereocenters. The lowest BCUT2D eigenvalue weighted by atomic mass is 10.0. The fraction of sp³-hybridized carbons (Fsp3) is 0.263. The molecule has 0 aromatic carbocycles. The fourth-order valence-corrected chi connectivity index (χ4v) is 3.71. The van der Waals surface area contributed by atoms with Crippen molar-refractivity contribution in [2.45, 2.75) is 25.4 Å². The largest absolute Gasteiger partial charge is 0.418 e. The molecule has 0 spiro atoms. The normalized spacial score (nSPS) is 12.3. The number of alkyl halides is 3. The Kier molecular flexibility index (Phi) is 7.04. The van der Waals surface area contributed by atoms with Crippen molar-refractivity contribution in [2.24, 2.45) is 0 Å². The molecule has 3 aromatic rings. The van der Waals surface area contributed by atoms with E-state index < -0.39 is 22.7 Å². The highest BCUT2D eigenvalue weighted by molar-refractivity contribution is 7.13. The molecule has 13 heteroatoms. The van der Waals surface area contributed by atoms with Crippen LogP contribution in [0.1, 0.15) is 50.0 Å². The van der Waals surface area contributed by atoms with E-state index in [9.17, 15) is 22.8 Å². The Morgan fingerprint density at radius 1 is 1.12 bits per heavy atom. The van der Waals surface area contributed by atoms with Crippen LogP contribution in [-0.2, 0) is 6.18 Å². The van der Waals surface area contributed by atoms with Crippen molar-refractivity contribution in [1.29, 1.82) is 0 Å². The summed E-state index contributed by atoms with van der Waals surface area (Å²) < 4.78 is 38.9. The number of amides is 1. The summed E-state index contributed by atoms with van der Waals surface area (Å²) in [5.74, 6) is -0.998. The molecule has 3 rings (SSSR count). The number of ketones is 1. The molecular formula is C19H16ClF3N6O2S. The summed E-state index contributed by atoms with van der Waals surface area (Å²) in [5.41, 5.74) is -0.854. The predicted octanol–water partition coefficient (Wildman–Crippen LogP) is 4.67. The Bertz CT molecular complexity index is 1150. The number of carbonyl (C=O) groups is 2. The van der Waals surface area contributed by atoms with Gasteiger partial charge in [0, 0.05) is 31.6 Å². The summed E-state index contributed by atoms with van der Waals surface area (Å²) >= 11 is 6.56. The van der Waals surface area contributed by atoms with Crippen LogP contribution in [0.25, 0.3) is 0 Å². The van der Waals surface area contributed by atoms with Crippen molar-refractivity contribution >= 4 is 46.3 Å². The van der Waals surface area contributed by atoms with E-state index in [4.69, 9.17) is 11.6 Å². The Balaban J connectivity index is 1.68. The van der Waals surface area contributed by atoms with Crippen molar-refractivity contribution in [2.75, 3.05) is 17.7 Å². The number of nitrogens with one attached hydrogen (secondary N) is 2. The number of pyridine rings is 1. The average Bonchev–Trinajstić information content (AvgIpc) is 3.25. The number of Topliss-reactive ketones (excluding diaryl/α,β-unsaturated/α-hetero) is 1. The molecule has 0 aliphatic rings. The molecule has 0 aliphatic heterocycles. The average molecular weight is 485 g/mol. The highest BCUT2D eigenvalue weighted by Gasteiger charge is 2.34. The van der Waals surface area contributed by atoms with E-state index in [1.807, 2.05) is 0 Å². The molecule has 8 nitrogen and oxygen atoms in total. The van der Waals surface area contributed by atoms with Crippen molar-refractivity contribution in [1.82, 2.24) is 19.9 Å². The highest BCUT2D eigenvalue weighted by atomic mass is 35.5. The monoisotopic (exact) mass is 484 g/mol. The maximum Gasteiger partial charge on any atom is 0.418 e. The SMILES string of the molecule is CNc1cc(C(=O)C[C@H](C)c2ncc(C(=O)Nc3cc(C(F)(F)F)c(Cl)cn3)s2)ncn1. The van der Waals surface area contributed by atoms with Crippen LogP contribution in [0.2, 0.25) is 5.02 Å². The van der Waals surface area contributed by atoms with Crippen LogP contribution in [0, 0.1) is 0 Å². The summed E-state index contributed by atoms with van der Waals surface area (Å²) in [7, 11) is 1.67. The molecule has 0 radical (unpaired) electrons. The van der Waals surface area contributed by atoms with Crippen LogP contribution in [0.5, 0.6) is 0 Å². The summed E-state index contributed by atoms with van der Waals surface area (Å²) in [6, 6.07) is 2.19. The van der Waals surface area contributed by atoms with Gasteiger partial charge in [0.15, 0.2) is 5.78 Å².